The third-order valence-electron chi connectivity index (χ3n) is 2.74. The van der Waals surface area contributed by atoms with E-state index in [9.17, 15) is 13.8 Å². The van der Waals surface area contributed by atoms with E-state index in [0.717, 1.165) is 0 Å². The number of nitrogens with one attached hydrogen (secondary N) is 3. The Morgan fingerprint density at radius 3 is 2.68 bits per heavy atom. The fraction of sp³-hybridized carbons (Fsp3) is 0.0667. The van der Waals surface area contributed by atoms with Crippen molar-refractivity contribution in [2.45, 2.75) is 4.90 Å². The molecule has 7 heteroatoms. The molecule has 0 saturated carbocycles. The van der Waals surface area contributed by atoms with Crippen LogP contribution < -0.4 is 15.5 Å². The summed E-state index contributed by atoms with van der Waals surface area (Å²) in [4.78, 5) is 25.6. The third kappa shape index (κ3) is 4.42. The second kappa shape index (κ2) is 7.94. The summed E-state index contributed by atoms with van der Waals surface area (Å²) >= 11 is 0. The van der Waals surface area contributed by atoms with E-state index in [1.807, 2.05) is 6.07 Å². The van der Waals surface area contributed by atoms with Gasteiger partial charge in [-0.15, -0.1) is 0 Å². The Morgan fingerprint density at radius 1 is 1.23 bits per heavy atom. The minimum absolute atomic E-state index is 0.135. The van der Waals surface area contributed by atoms with Gasteiger partial charge in [0.15, 0.2) is 5.43 Å². The van der Waals surface area contributed by atoms with Crippen molar-refractivity contribution in [3.05, 3.63) is 70.3 Å². The highest BCUT2D eigenvalue weighted by Crippen LogP contribution is 2.06. The number of amides is 1. The van der Waals surface area contributed by atoms with Gasteiger partial charge < -0.3 is 15.0 Å². The first-order chi connectivity index (χ1) is 10.7. The Labute approximate surface area is 129 Å². The Balaban J connectivity index is 2.23. The van der Waals surface area contributed by atoms with Gasteiger partial charge >= 0.3 is 0 Å². The maximum Gasteiger partial charge on any atom is 0.207 e. The Kier molecular flexibility index (Phi) is 5.67. The molecule has 2 aromatic rings. The molecule has 0 aliphatic heterocycles. The van der Waals surface area contributed by atoms with Gasteiger partial charge in [-0.3, -0.25) is 9.59 Å². The van der Waals surface area contributed by atoms with Crippen LogP contribution in [0.5, 0.6) is 0 Å². The van der Waals surface area contributed by atoms with Gasteiger partial charge in [-0.2, -0.15) is 0 Å². The molecule has 0 bridgehead atoms. The number of aromatic amines is 1. The van der Waals surface area contributed by atoms with Crippen molar-refractivity contribution in [1.82, 2.24) is 15.0 Å². The van der Waals surface area contributed by atoms with Crippen LogP contribution in [0.4, 0.5) is 0 Å². The van der Waals surface area contributed by atoms with Crippen molar-refractivity contribution in [3.63, 3.8) is 0 Å². The molecule has 0 aliphatic rings. The van der Waals surface area contributed by atoms with Gasteiger partial charge in [0, 0.05) is 29.7 Å². The van der Waals surface area contributed by atoms with Gasteiger partial charge in [0.25, 0.3) is 0 Å². The van der Waals surface area contributed by atoms with Crippen LogP contribution in [0.3, 0.4) is 0 Å². The summed E-state index contributed by atoms with van der Waals surface area (Å²) in [6.45, 7) is 0.135. The van der Waals surface area contributed by atoms with Crippen LogP contribution in [0.25, 0.3) is 6.08 Å². The molecule has 22 heavy (non-hydrogen) atoms. The molecular weight excluding hydrogens is 302 g/mol. The van der Waals surface area contributed by atoms with Crippen LogP contribution in [0.15, 0.2) is 64.2 Å². The van der Waals surface area contributed by atoms with Crippen LogP contribution in [0.2, 0.25) is 0 Å². The lowest BCUT2D eigenvalue weighted by atomic mass is 10.2. The van der Waals surface area contributed by atoms with Crippen LogP contribution in [-0.4, -0.2) is 22.1 Å². The first-order valence-corrected chi connectivity index (χ1v) is 7.64. The molecule has 0 spiro atoms. The van der Waals surface area contributed by atoms with Gasteiger partial charge in [0.05, 0.1) is 11.4 Å². The van der Waals surface area contributed by atoms with Crippen LogP contribution >= 0.6 is 0 Å². The minimum atomic E-state index is -1.48. The number of hydrogen-bond donors (Lipinski definition) is 3. The summed E-state index contributed by atoms with van der Waals surface area (Å²) in [5.41, 5.74) is 0.698. The molecule has 3 N–H and O–H groups in total. The summed E-state index contributed by atoms with van der Waals surface area (Å²) in [6, 6.07) is 10.2. The molecule has 0 fully saturated rings. The van der Waals surface area contributed by atoms with Crippen molar-refractivity contribution in [2.24, 2.45) is 0 Å². The molecule has 1 amide bonds. The molecule has 1 aromatic carbocycles. The topological polar surface area (TPSA) is 91.1 Å². The summed E-state index contributed by atoms with van der Waals surface area (Å²) in [5.74, 6) is 0. The lowest BCUT2D eigenvalue weighted by Gasteiger charge is -2.10. The molecular formula is C15H15N3O3S. The number of carbonyl (C=O) groups is 1. The van der Waals surface area contributed by atoms with Crippen molar-refractivity contribution in [1.29, 1.82) is 0 Å². The fourth-order valence-electron chi connectivity index (χ4n) is 1.72. The fourth-order valence-corrected chi connectivity index (χ4v) is 2.61. The highest BCUT2D eigenvalue weighted by molar-refractivity contribution is 7.83. The van der Waals surface area contributed by atoms with E-state index >= 15 is 0 Å². The zero-order valence-electron chi connectivity index (χ0n) is 11.6. The standard InChI is InChI=1S/C15H15N3O3S/c19-11-17-10-13(8-12-9-16-7-6-15(12)20)18-22(21)14-4-2-1-3-5-14/h1-9,11,18H,10H2,(H,16,20)(H,17,19)/b13-8-. The maximum absolute atomic E-state index is 12.3. The lowest BCUT2D eigenvalue weighted by Crippen LogP contribution is -2.26. The highest BCUT2D eigenvalue weighted by Gasteiger charge is 2.06. The number of benzene rings is 1. The van der Waals surface area contributed by atoms with Crippen LogP contribution in [-0.2, 0) is 15.8 Å². The van der Waals surface area contributed by atoms with Gasteiger partial charge in [-0.05, 0) is 18.2 Å². The molecule has 1 aromatic heterocycles. The summed E-state index contributed by atoms with van der Waals surface area (Å²) in [6.07, 6.45) is 5.15. The van der Waals surface area contributed by atoms with Crippen molar-refractivity contribution < 1.29 is 9.00 Å². The third-order valence-corrected chi connectivity index (χ3v) is 3.89. The smallest absolute Gasteiger partial charge is 0.207 e. The van der Waals surface area contributed by atoms with Gasteiger partial charge in [-0.25, -0.2) is 4.21 Å². The van der Waals surface area contributed by atoms with Crippen molar-refractivity contribution in [2.75, 3.05) is 6.54 Å². The second-order valence-electron chi connectivity index (χ2n) is 4.32. The van der Waals surface area contributed by atoms with E-state index < -0.39 is 11.0 Å². The Hall–Kier alpha value is -2.67. The zero-order valence-corrected chi connectivity index (χ0v) is 12.4. The first-order valence-electron chi connectivity index (χ1n) is 6.49. The largest absolute Gasteiger partial charge is 0.367 e. The number of carbonyl (C=O) groups excluding carboxylic acids is 1. The van der Waals surface area contributed by atoms with Gasteiger partial charge in [0.1, 0.15) is 11.0 Å². The molecule has 0 aliphatic carbocycles. The normalized spacial score (nSPS) is 12.5. The van der Waals surface area contributed by atoms with E-state index in [-0.39, 0.29) is 12.0 Å². The SMILES string of the molecule is O=CNC/C(=C/c1c[nH]ccc1=O)NS(=O)c1ccccc1. The Morgan fingerprint density at radius 2 is 2.00 bits per heavy atom. The number of aromatic nitrogens is 1. The van der Waals surface area contributed by atoms with Gasteiger partial charge in [-0.1, -0.05) is 18.2 Å². The maximum atomic E-state index is 12.3. The monoisotopic (exact) mass is 317 g/mol. The average Bonchev–Trinajstić information content (AvgIpc) is 2.55. The predicted octanol–water partition coefficient (Wildman–Crippen LogP) is 0.774. The lowest BCUT2D eigenvalue weighted by molar-refractivity contribution is -0.109. The van der Waals surface area contributed by atoms with Crippen LogP contribution in [0.1, 0.15) is 5.56 Å². The predicted molar refractivity (Wildman–Crippen MR) is 85.1 cm³/mol. The Bertz CT molecular complexity index is 741. The van der Waals surface area contributed by atoms with Gasteiger partial charge in [0.2, 0.25) is 6.41 Å². The molecule has 1 heterocycles. The van der Waals surface area contributed by atoms with Crippen LogP contribution in [0, 0.1) is 0 Å². The number of H-pyrrole nitrogens is 1. The van der Waals surface area contributed by atoms with Crippen molar-refractivity contribution in [3.8, 4) is 0 Å². The van der Waals surface area contributed by atoms with E-state index in [4.69, 9.17) is 0 Å². The molecule has 1 unspecified atom stereocenters. The summed E-state index contributed by atoms with van der Waals surface area (Å²) in [5, 5.41) is 2.49. The van der Waals surface area contributed by atoms with E-state index in [1.165, 1.54) is 18.5 Å². The second-order valence-corrected chi connectivity index (χ2v) is 5.53. The molecule has 0 saturated heterocycles. The molecule has 2 rings (SSSR count). The average molecular weight is 317 g/mol. The molecule has 1 atom stereocenters. The summed E-state index contributed by atoms with van der Waals surface area (Å²) < 4.78 is 15.1. The summed E-state index contributed by atoms with van der Waals surface area (Å²) in [7, 11) is -1.48. The number of pyridine rings is 1. The van der Waals surface area contributed by atoms with E-state index in [1.54, 1.807) is 30.3 Å². The highest BCUT2D eigenvalue weighted by atomic mass is 32.2. The molecule has 6 nitrogen and oxygen atoms in total. The van der Waals surface area contributed by atoms with Crippen molar-refractivity contribution >= 4 is 23.5 Å². The number of hydrogen-bond acceptors (Lipinski definition) is 3. The molecule has 0 radical (unpaired) electrons. The quantitative estimate of drug-likeness (QED) is 0.659. The van der Waals surface area contributed by atoms with E-state index in [2.05, 4.69) is 15.0 Å². The zero-order chi connectivity index (χ0) is 15.8. The first kappa shape index (κ1) is 15.7. The van der Waals surface area contributed by atoms with E-state index in [0.29, 0.717) is 22.6 Å². The minimum Gasteiger partial charge on any atom is -0.367 e. The number of rotatable bonds is 7. The molecule has 114 valence electrons.